The van der Waals surface area contributed by atoms with Crippen molar-refractivity contribution in [2.45, 2.75) is 212 Å². The first-order valence-corrected chi connectivity index (χ1v) is 37.7. The van der Waals surface area contributed by atoms with E-state index >= 15 is 0 Å². The first kappa shape index (κ1) is 66.9. The number of nitrogens with zero attached hydrogens (tertiary/aromatic N) is 4. The van der Waals surface area contributed by atoms with Crippen LogP contribution >= 0.6 is 68.5 Å². The molecule has 4 aromatic heterocycles. The number of unbranched alkanes of at least 4 members (excludes halogenated alkanes) is 17. The minimum Gasteiger partial charge on any atom is -0.506 e. The molecule has 11 rings (SSSR count). The van der Waals surface area contributed by atoms with Crippen molar-refractivity contribution >= 4 is 124 Å². The number of rotatable bonds is 30. The van der Waals surface area contributed by atoms with Crippen LogP contribution in [0.4, 0.5) is 0 Å². The lowest BCUT2D eigenvalue weighted by Gasteiger charge is -2.33. The first-order valence-electron chi connectivity index (χ1n) is 33.7. The summed E-state index contributed by atoms with van der Waals surface area (Å²) < 4.78 is 9.39. The van der Waals surface area contributed by atoms with Crippen LogP contribution in [0.3, 0.4) is 0 Å². The van der Waals surface area contributed by atoms with E-state index in [4.69, 9.17) is 41.1 Å². The number of aromatic hydroxyl groups is 1. The molecule has 0 radical (unpaired) electrons. The van der Waals surface area contributed by atoms with Crippen molar-refractivity contribution in [3.8, 4) is 43.1 Å². The van der Waals surface area contributed by atoms with Crippen LogP contribution in [0.2, 0.25) is 10.0 Å². The molecular weight excluding hydrogens is 1260 g/mol. The molecule has 3 aromatic carbocycles. The number of allylic oxidation sites excluding steroid dienone is 6. The average molecular weight is 1340 g/mol. The number of carbonyl (C=O) groups is 2. The Balaban J connectivity index is 1.18. The SMILES string of the molecule is [C-]#[N+]/C(C#N)=C1\C(=C\c2cc3c(s2)-c2sc4c(OCCCCCCCC)c5c6c(sc5c(O)c4c2C3(CCCCCC)CCCCCC)-c2sc(/C=C3\C(=O)c4cc(Cl)c(Cl)cc4\C3=C(\C#N)[N+]#[C-])cc2C6(CCCCCC)CCCCCC)C(=O)c2ccccc21. The lowest BCUT2D eigenvalue weighted by Crippen LogP contribution is -2.26. The minimum atomic E-state index is -0.472. The van der Waals surface area contributed by atoms with Crippen molar-refractivity contribution in [2.24, 2.45) is 0 Å². The maximum Gasteiger partial charge on any atom is 0.270 e. The van der Waals surface area contributed by atoms with E-state index in [0.29, 0.717) is 45.8 Å². The number of carbonyl (C=O) groups excluding carboxylic acids is 2. The molecule has 7 aromatic rings. The lowest BCUT2D eigenvalue weighted by molar-refractivity contribution is 0.103. The highest BCUT2D eigenvalue weighted by Gasteiger charge is 2.51. The Morgan fingerprint density at radius 1 is 0.533 bits per heavy atom. The van der Waals surface area contributed by atoms with E-state index in [1.54, 1.807) is 63.5 Å². The monoisotopic (exact) mass is 1330 g/mol. The third-order valence-electron chi connectivity index (χ3n) is 19.7. The van der Waals surface area contributed by atoms with Crippen molar-refractivity contribution in [3.05, 3.63) is 158 Å². The van der Waals surface area contributed by atoms with Crippen LogP contribution in [0.25, 0.3) is 72.7 Å². The number of ether oxygens (including phenoxy) is 1. The lowest BCUT2D eigenvalue weighted by atomic mass is 9.69. The number of phenolic OH excluding ortho intramolecular Hbond substituents is 1. The van der Waals surface area contributed by atoms with E-state index in [2.05, 4.69) is 68.6 Å². The molecule has 0 saturated carbocycles. The van der Waals surface area contributed by atoms with E-state index in [0.717, 1.165) is 203 Å². The molecule has 1 N–H and O–H groups in total. The van der Waals surface area contributed by atoms with Gasteiger partial charge in [0, 0.05) is 74.5 Å². The fraction of sp³-hybridized carbons (Fsp3) is 0.436. The maximum atomic E-state index is 14.6. The molecule has 0 saturated heterocycles. The second kappa shape index (κ2) is 29.4. The van der Waals surface area contributed by atoms with E-state index in [9.17, 15) is 25.2 Å². The Kier molecular flexibility index (Phi) is 21.3. The van der Waals surface area contributed by atoms with Crippen molar-refractivity contribution in [1.82, 2.24) is 0 Å². The van der Waals surface area contributed by atoms with Crippen LogP contribution in [-0.4, -0.2) is 23.3 Å². The van der Waals surface area contributed by atoms with Crippen LogP contribution in [0.15, 0.2) is 71.1 Å². The topological polar surface area (TPSA) is 120 Å². The third kappa shape index (κ3) is 12.0. The van der Waals surface area contributed by atoms with Crippen LogP contribution in [0, 0.1) is 35.8 Å². The van der Waals surface area contributed by atoms with Crippen molar-refractivity contribution in [3.63, 3.8) is 0 Å². The van der Waals surface area contributed by atoms with Gasteiger partial charge in [0.1, 0.15) is 11.5 Å². The molecule has 92 heavy (non-hydrogen) atoms. The summed E-state index contributed by atoms with van der Waals surface area (Å²) in [6, 6.07) is 19.2. The van der Waals surface area contributed by atoms with Crippen LogP contribution < -0.4 is 4.74 Å². The summed E-state index contributed by atoms with van der Waals surface area (Å²) in [6.07, 6.45) is 31.3. The third-order valence-corrected chi connectivity index (χ3v) is 25.3. The first-order chi connectivity index (χ1) is 44.8. The predicted molar refractivity (Wildman–Crippen MR) is 387 cm³/mol. The van der Waals surface area contributed by atoms with Gasteiger partial charge < -0.3 is 9.84 Å². The number of benzene rings is 3. The number of nitriles is 2. The molecule has 0 atom stereocenters. The number of hydrogen-bond donors (Lipinski definition) is 1. The molecule has 0 amide bonds. The zero-order chi connectivity index (χ0) is 64.8. The minimum absolute atomic E-state index is 0.0935. The smallest absolute Gasteiger partial charge is 0.270 e. The summed E-state index contributed by atoms with van der Waals surface area (Å²) in [5.74, 6) is 0.685. The number of Topliss-reactive ketones (excluding diaryl/α,β-unsaturated/α-hetero) is 2. The Hall–Kier alpha value is -6.58. The molecule has 4 heterocycles. The second-order valence-corrected chi connectivity index (χ2v) is 30.6. The molecule has 4 aliphatic carbocycles. The van der Waals surface area contributed by atoms with Gasteiger partial charge in [-0.05, 0) is 102 Å². The molecule has 8 nitrogen and oxygen atoms in total. The Morgan fingerprint density at radius 2 is 0.946 bits per heavy atom. The molecule has 0 fully saturated rings. The van der Waals surface area contributed by atoms with Crippen LogP contribution in [0.5, 0.6) is 11.5 Å². The molecule has 0 bridgehead atoms. The molecular formula is C78H80Cl2N4O4S4. The van der Waals surface area contributed by atoms with Gasteiger partial charge in [0.2, 0.25) is 0 Å². The van der Waals surface area contributed by atoms with E-state index in [1.807, 2.05) is 30.4 Å². The summed E-state index contributed by atoms with van der Waals surface area (Å²) in [5.41, 5.74) is 6.88. The van der Waals surface area contributed by atoms with Gasteiger partial charge >= 0.3 is 0 Å². The highest BCUT2D eigenvalue weighted by molar-refractivity contribution is 7.29. The molecule has 0 aliphatic heterocycles. The highest BCUT2D eigenvalue weighted by Crippen LogP contribution is 2.69. The van der Waals surface area contributed by atoms with Gasteiger partial charge in [-0.1, -0.05) is 217 Å². The number of fused-ring (bicyclic) bond motifs is 12. The second-order valence-electron chi connectivity index (χ2n) is 25.5. The van der Waals surface area contributed by atoms with Crippen LogP contribution in [0.1, 0.15) is 265 Å². The zero-order valence-corrected chi connectivity index (χ0v) is 58.5. The number of halogens is 2. The molecule has 474 valence electrons. The number of thiophene rings is 4. The van der Waals surface area contributed by atoms with E-state index in [-0.39, 0.29) is 44.2 Å². The quantitative estimate of drug-likeness (QED) is 0.0207. The number of hydrogen-bond acceptors (Lipinski definition) is 10. The summed E-state index contributed by atoms with van der Waals surface area (Å²) in [5, 5.41) is 37.0. The molecule has 0 unspecified atom stereocenters. The van der Waals surface area contributed by atoms with E-state index in [1.165, 1.54) is 41.5 Å². The summed E-state index contributed by atoms with van der Waals surface area (Å²) in [4.78, 5) is 42.7. The predicted octanol–water partition coefficient (Wildman–Crippen LogP) is 25.3. The summed E-state index contributed by atoms with van der Waals surface area (Å²) in [7, 11) is 0. The van der Waals surface area contributed by atoms with Gasteiger partial charge in [0.05, 0.1) is 61.1 Å². The van der Waals surface area contributed by atoms with Crippen molar-refractivity contribution in [1.29, 1.82) is 10.5 Å². The Labute approximate surface area is 569 Å². The molecule has 14 heteroatoms. The van der Waals surface area contributed by atoms with Crippen molar-refractivity contribution in [2.75, 3.05) is 6.61 Å². The van der Waals surface area contributed by atoms with Gasteiger partial charge in [-0.3, -0.25) is 9.59 Å². The number of phenols is 1. The maximum absolute atomic E-state index is 14.6. The largest absolute Gasteiger partial charge is 0.506 e. The van der Waals surface area contributed by atoms with Crippen LogP contribution in [-0.2, 0) is 10.8 Å². The van der Waals surface area contributed by atoms with E-state index < -0.39 is 10.8 Å². The fourth-order valence-corrected chi connectivity index (χ4v) is 21.0. The summed E-state index contributed by atoms with van der Waals surface area (Å²) in [6.45, 7) is 27.9. The number of ketones is 2. The van der Waals surface area contributed by atoms with Crippen molar-refractivity contribution < 1.29 is 19.4 Å². The highest BCUT2D eigenvalue weighted by atomic mass is 35.5. The molecule has 0 spiro atoms. The normalized spacial score (nSPS) is 16.6. The van der Waals surface area contributed by atoms with Gasteiger partial charge in [-0.15, -0.1) is 45.3 Å². The van der Waals surface area contributed by atoms with Gasteiger partial charge in [0.15, 0.2) is 11.6 Å². The fourth-order valence-electron chi connectivity index (χ4n) is 15.3. The Bertz CT molecular complexity index is 4300. The Morgan fingerprint density at radius 3 is 1.42 bits per heavy atom. The van der Waals surface area contributed by atoms with Gasteiger partial charge in [-0.25, -0.2) is 20.2 Å². The van der Waals surface area contributed by atoms with Gasteiger partial charge in [-0.2, -0.15) is 0 Å². The molecule has 4 aliphatic rings. The van der Waals surface area contributed by atoms with Gasteiger partial charge in [0.25, 0.3) is 11.4 Å². The zero-order valence-electron chi connectivity index (χ0n) is 53.7. The standard InChI is InChI=1S/C78H80Cl2N4O4S4/c1-8-13-18-23-24-31-38-88-70-64-66-76(72-56(78(66,36-29-21-16-11-4)37-30-22-17-12-5)42-48(90-72)40-54-62(60(46-82)84-7)51-43-57(79)58(80)44-52(51)68(54)86)91-73(64)69(87)63-65-75(92-74(63)70)71-55(77(65,34-27-19-14-9-2)35-28-20-15-10-3)41-47(89-71)39-53-61(59(45-81)83-6)49-32-25-26-33-50(49)67(53)85/h25-26,32-33,39-44,87H,8-24,27-31,34-38H2,1-5H3/b53-39-,54-40-,61-59-,62-60+. The average Bonchev–Trinajstić information content (AvgIpc) is 1.51. The summed E-state index contributed by atoms with van der Waals surface area (Å²) >= 11 is 19.9.